The lowest BCUT2D eigenvalue weighted by molar-refractivity contribution is 0.799. The number of halogens is 1. The monoisotopic (exact) mass is 323 g/mol. The van der Waals surface area contributed by atoms with Crippen molar-refractivity contribution in [2.45, 2.75) is 27.2 Å². The van der Waals surface area contributed by atoms with Crippen LogP contribution in [0, 0.1) is 28.6 Å². The molecule has 0 atom stereocenters. The molecule has 1 heterocycles. The molecule has 0 aliphatic carbocycles. The fourth-order valence-electron chi connectivity index (χ4n) is 2.64. The molecule has 0 saturated carbocycles. The second-order valence-corrected chi connectivity index (χ2v) is 5.88. The van der Waals surface area contributed by atoms with Crippen molar-refractivity contribution in [1.29, 1.82) is 10.5 Å². The van der Waals surface area contributed by atoms with Gasteiger partial charge in [0.1, 0.15) is 0 Å². The number of nitrogens with zero attached hydrogens (tertiary/aromatic N) is 2. The summed E-state index contributed by atoms with van der Waals surface area (Å²) in [6.45, 7) is 5.77. The van der Waals surface area contributed by atoms with Gasteiger partial charge in [-0.15, -0.1) is 0 Å². The van der Waals surface area contributed by atoms with Gasteiger partial charge in [-0.25, -0.2) is 0 Å². The minimum absolute atomic E-state index is 0.412. The zero-order valence-corrected chi connectivity index (χ0v) is 14.2. The summed E-state index contributed by atoms with van der Waals surface area (Å²) in [4.78, 5) is 0. The number of hydrogen-bond acceptors (Lipinski definition) is 3. The molecule has 1 aliphatic heterocycles. The molecule has 1 aromatic carbocycles. The summed E-state index contributed by atoms with van der Waals surface area (Å²) in [5, 5.41) is 22.5. The van der Waals surface area contributed by atoms with E-state index < -0.39 is 5.92 Å². The van der Waals surface area contributed by atoms with Crippen LogP contribution < -0.4 is 5.32 Å². The summed E-state index contributed by atoms with van der Waals surface area (Å²) in [5.41, 5.74) is 4.69. The van der Waals surface area contributed by atoms with Gasteiger partial charge in [0.15, 0.2) is 0 Å². The molecule has 0 fully saturated rings. The summed E-state index contributed by atoms with van der Waals surface area (Å²) in [5.74, 6) is -0.412. The predicted octanol–water partition coefficient (Wildman–Crippen LogP) is 4.64. The minimum Gasteiger partial charge on any atom is -0.361 e. The van der Waals surface area contributed by atoms with Crippen molar-refractivity contribution in [3.63, 3.8) is 0 Å². The summed E-state index contributed by atoms with van der Waals surface area (Å²) in [7, 11) is 0. The van der Waals surface area contributed by atoms with Gasteiger partial charge >= 0.3 is 0 Å². The molecule has 0 spiro atoms. The second kappa shape index (κ2) is 7.18. The topological polar surface area (TPSA) is 59.6 Å². The first-order valence-corrected chi connectivity index (χ1v) is 7.85. The van der Waals surface area contributed by atoms with Gasteiger partial charge in [-0.1, -0.05) is 48.9 Å². The maximum Gasteiger partial charge on any atom is 0.0975 e. The van der Waals surface area contributed by atoms with Crippen molar-refractivity contribution in [2.75, 3.05) is 0 Å². The van der Waals surface area contributed by atoms with Crippen molar-refractivity contribution in [3.8, 4) is 12.1 Å². The van der Waals surface area contributed by atoms with Gasteiger partial charge in [-0.2, -0.15) is 10.5 Å². The van der Waals surface area contributed by atoms with E-state index in [4.69, 9.17) is 11.6 Å². The van der Waals surface area contributed by atoms with Gasteiger partial charge in [-0.05, 0) is 31.4 Å². The molecule has 3 nitrogen and oxygen atoms in total. The third-order valence-corrected chi connectivity index (χ3v) is 4.34. The molecular weight excluding hydrogens is 306 g/mol. The Balaban J connectivity index is 2.46. The molecule has 1 aromatic rings. The molecular formula is C19H18ClN3. The number of allylic oxidation sites excluding steroid dienone is 5. The van der Waals surface area contributed by atoms with Crippen molar-refractivity contribution in [1.82, 2.24) is 5.32 Å². The van der Waals surface area contributed by atoms with E-state index in [1.165, 1.54) is 5.56 Å². The minimum atomic E-state index is -0.412. The van der Waals surface area contributed by atoms with Gasteiger partial charge in [0.2, 0.25) is 0 Å². The van der Waals surface area contributed by atoms with Crippen LogP contribution in [0.3, 0.4) is 0 Å². The van der Waals surface area contributed by atoms with Crippen LogP contribution in [-0.2, 0) is 6.42 Å². The summed E-state index contributed by atoms with van der Waals surface area (Å²) >= 11 is 6.45. The van der Waals surface area contributed by atoms with Gasteiger partial charge < -0.3 is 5.32 Å². The molecule has 1 aliphatic rings. The highest BCUT2D eigenvalue weighted by molar-refractivity contribution is 6.48. The summed E-state index contributed by atoms with van der Waals surface area (Å²) < 4.78 is 0. The quantitative estimate of drug-likeness (QED) is 0.881. The highest BCUT2D eigenvalue weighted by Gasteiger charge is 2.26. The highest BCUT2D eigenvalue weighted by atomic mass is 35.5. The zero-order valence-electron chi connectivity index (χ0n) is 13.4. The van der Waals surface area contributed by atoms with Crippen LogP contribution in [0.15, 0.2) is 52.9 Å². The van der Waals surface area contributed by atoms with Crippen LogP contribution in [0.1, 0.15) is 31.9 Å². The average molecular weight is 324 g/mol. The lowest BCUT2D eigenvalue weighted by atomic mass is 9.86. The zero-order chi connectivity index (χ0) is 17.0. The van der Waals surface area contributed by atoms with Crippen molar-refractivity contribution >= 4 is 16.6 Å². The molecule has 116 valence electrons. The first-order valence-electron chi connectivity index (χ1n) is 7.47. The number of nitrogens with one attached hydrogen (secondary N) is 1. The van der Waals surface area contributed by atoms with E-state index in [2.05, 4.69) is 24.4 Å². The van der Waals surface area contributed by atoms with Crippen LogP contribution in [0.25, 0.3) is 5.03 Å². The van der Waals surface area contributed by atoms with Crippen LogP contribution in [-0.4, -0.2) is 0 Å². The smallest absolute Gasteiger partial charge is 0.0975 e. The Hall–Kier alpha value is -2.49. The average Bonchev–Trinajstić information content (AvgIpc) is 2.55. The van der Waals surface area contributed by atoms with E-state index in [1.54, 1.807) is 6.08 Å². The Bertz CT molecular complexity index is 747. The maximum atomic E-state index is 9.43. The molecule has 0 aromatic heterocycles. The van der Waals surface area contributed by atoms with E-state index in [1.807, 2.05) is 38.1 Å². The number of rotatable bonds is 3. The predicted molar refractivity (Wildman–Crippen MR) is 92.9 cm³/mol. The van der Waals surface area contributed by atoms with E-state index in [0.29, 0.717) is 16.2 Å². The second-order valence-electron chi connectivity index (χ2n) is 5.47. The third kappa shape index (κ3) is 3.47. The van der Waals surface area contributed by atoms with Crippen molar-refractivity contribution in [3.05, 3.63) is 64.0 Å². The molecule has 0 unspecified atom stereocenters. The molecule has 0 amide bonds. The van der Waals surface area contributed by atoms with Crippen molar-refractivity contribution < 1.29 is 0 Å². The Labute approximate surface area is 142 Å². The third-order valence-electron chi connectivity index (χ3n) is 4.00. The molecule has 0 radical (unpaired) electrons. The van der Waals surface area contributed by atoms with E-state index in [-0.39, 0.29) is 0 Å². The molecule has 0 bridgehead atoms. The Kier molecular flexibility index (Phi) is 5.27. The number of dihydropyridines is 1. The molecule has 2 rings (SSSR count). The summed E-state index contributed by atoms with van der Waals surface area (Å²) in [6.07, 6.45) is 2.75. The summed E-state index contributed by atoms with van der Waals surface area (Å²) in [6, 6.07) is 12.4. The normalized spacial score (nSPS) is 16.0. The highest BCUT2D eigenvalue weighted by Crippen LogP contribution is 2.33. The Morgan fingerprint density at radius 2 is 1.65 bits per heavy atom. The van der Waals surface area contributed by atoms with Crippen LogP contribution in [0.5, 0.6) is 0 Å². The SMILES string of the molecule is CCc1ccc(/C(Cl)=C/C2C(C#N)=C(C)NC(C)=C2C#N)cc1. The van der Waals surface area contributed by atoms with E-state index in [0.717, 1.165) is 23.4 Å². The molecule has 4 heteroatoms. The number of hydrogen-bond donors (Lipinski definition) is 1. The number of benzene rings is 1. The number of aryl methyl sites for hydroxylation is 1. The van der Waals surface area contributed by atoms with Crippen molar-refractivity contribution in [2.24, 2.45) is 5.92 Å². The number of nitriles is 2. The van der Waals surface area contributed by atoms with Gasteiger partial charge in [0, 0.05) is 16.4 Å². The van der Waals surface area contributed by atoms with Crippen LogP contribution in [0.2, 0.25) is 0 Å². The first kappa shape index (κ1) is 16.9. The van der Waals surface area contributed by atoms with Gasteiger partial charge in [0.05, 0.1) is 29.2 Å². The fourth-order valence-corrected chi connectivity index (χ4v) is 2.89. The molecule has 1 N–H and O–H groups in total. The maximum absolute atomic E-state index is 9.43. The lowest BCUT2D eigenvalue weighted by Crippen LogP contribution is -2.23. The Morgan fingerprint density at radius 3 is 2.09 bits per heavy atom. The molecule has 23 heavy (non-hydrogen) atoms. The molecule has 0 saturated heterocycles. The van der Waals surface area contributed by atoms with Gasteiger partial charge in [0.25, 0.3) is 0 Å². The first-order chi connectivity index (χ1) is 11.0. The van der Waals surface area contributed by atoms with E-state index in [9.17, 15) is 10.5 Å². The van der Waals surface area contributed by atoms with E-state index >= 15 is 0 Å². The fraction of sp³-hybridized carbons (Fsp3) is 0.263. The van der Waals surface area contributed by atoms with Crippen LogP contribution in [0.4, 0.5) is 0 Å². The van der Waals surface area contributed by atoms with Gasteiger partial charge in [-0.3, -0.25) is 0 Å². The standard InChI is InChI=1S/C19H18ClN3/c1-4-14-5-7-15(8-6-14)19(20)9-16-17(10-21)12(2)23-13(3)18(16)11-22/h5-9,16,23H,4H2,1-3H3/b19-9-. The Morgan fingerprint density at radius 1 is 1.13 bits per heavy atom. The lowest BCUT2D eigenvalue weighted by Gasteiger charge is -2.24. The largest absolute Gasteiger partial charge is 0.361 e. The van der Waals surface area contributed by atoms with Crippen LogP contribution >= 0.6 is 11.6 Å².